The van der Waals surface area contributed by atoms with Crippen LogP contribution in [0.3, 0.4) is 0 Å². The summed E-state index contributed by atoms with van der Waals surface area (Å²) in [5.74, 6) is -1.96. The molecule has 2 aromatic rings. The van der Waals surface area contributed by atoms with Gasteiger partial charge in [0.25, 0.3) is 11.5 Å². The minimum absolute atomic E-state index is 0.0603. The molecule has 10 heteroatoms. The summed E-state index contributed by atoms with van der Waals surface area (Å²) < 4.78 is 20.4. The first-order valence-corrected chi connectivity index (χ1v) is 10.4. The van der Waals surface area contributed by atoms with Crippen molar-refractivity contribution in [1.29, 1.82) is 0 Å². The van der Waals surface area contributed by atoms with Gasteiger partial charge in [0, 0.05) is 19.5 Å². The number of benzene rings is 1. The van der Waals surface area contributed by atoms with Gasteiger partial charge in [0.05, 0.1) is 12.2 Å². The van der Waals surface area contributed by atoms with E-state index in [1.807, 2.05) is 0 Å². The molecule has 1 fully saturated rings. The number of aromatic nitrogens is 2. The number of hydrogen-bond donors (Lipinski definition) is 2. The summed E-state index contributed by atoms with van der Waals surface area (Å²) in [7, 11) is 0. The highest BCUT2D eigenvalue weighted by Crippen LogP contribution is 2.26. The molecule has 0 radical (unpaired) electrons. The molecule has 0 spiro atoms. The third-order valence-electron chi connectivity index (χ3n) is 5.55. The highest BCUT2D eigenvalue weighted by Gasteiger charge is 2.26. The second-order valence-corrected chi connectivity index (χ2v) is 7.67. The highest BCUT2D eigenvalue weighted by molar-refractivity contribution is 5.96. The minimum Gasteiger partial charge on any atom is -0.501 e. The van der Waals surface area contributed by atoms with Gasteiger partial charge in [-0.25, -0.2) is 9.37 Å². The summed E-state index contributed by atoms with van der Waals surface area (Å²) >= 11 is 0. The molecule has 2 aliphatic rings. The molecule has 9 nitrogen and oxygen atoms in total. The van der Waals surface area contributed by atoms with Crippen LogP contribution >= 0.6 is 0 Å². The number of anilines is 1. The zero-order valence-electron chi connectivity index (χ0n) is 17.4. The van der Waals surface area contributed by atoms with E-state index in [-0.39, 0.29) is 37.2 Å². The van der Waals surface area contributed by atoms with Gasteiger partial charge in [-0.2, -0.15) is 0 Å². The summed E-state index contributed by atoms with van der Waals surface area (Å²) in [4.78, 5) is 43.3. The van der Waals surface area contributed by atoms with Crippen LogP contribution in [0.5, 0.6) is 5.75 Å². The van der Waals surface area contributed by atoms with Crippen molar-refractivity contribution in [2.24, 2.45) is 0 Å². The number of carbonyl (C=O) groups excluding carboxylic acids is 2. The summed E-state index contributed by atoms with van der Waals surface area (Å²) in [6, 6.07) is 4.01. The molecule has 0 aliphatic carbocycles. The summed E-state index contributed by atoms with van der Waals surface area (Å²) in [6.07, 6.45) is 2.88. The number of aromatic hydroxyl groups is 1. The van der Waals surface area contributed by atoms with E-state index >= 15 is 0 Å². The van der Waals surface area contributed by atoms with E-state index in [0.717, 1.165) is 19.3 Å². The van der Waals surface area contributed by atoms with Crippen LogP contribution in [0.25, 0.3) is 5.76 Å². The van der Waals surface area contributed by atoms with E-state index in [0.29, 0.717) is 24.2 Å². The van der Waals surface area contributed by atoms with Gasteiger partial charge < -0.3 is 20.1 Å². The number of amides is 2. The number of halogens is 1. The minimum atomic E-state index is -0.793. The monoisotopic (exact) mass is 442 g/mol. The third-order valence-corrected chi connectivity index (χ3v) is 5.55. The van der Waals surface area contributed by atoms with E-state index in [1.54, 1.807) is 4.90 Å². The van der Waals surface area contributed by atoms with Crippen molar-refractivity contribution in [2.45, 2.75) is 38.8 Å². The number of nitrogens with one attached hydrogen (secondary N) is 1. The van der Waals surface area contributed by atoms with Gasteiger partial charge in [0.15, 0.2) is 17.3 Å². The SMILES string of the molecule is C=C1OCCn2c1nc(C(=O)NCc1ccc(F)cc1N1CCCCCC1=O)c(O)c2=O. The Kier molecular flexibility index (Phi) is 5.93. The van der Waals surface area contributed by atoms with Gasteiger partial charge in [-0.15, -0.1) is 0 Å². The lowest BCUT2D eigenvalue weighted by Crippen LogP contribution is -2.35. The number of rotatable bonds is 4. The first-order chi connectivity index (χ1) is 15.4. The molecule has 0 bridgehead atoms. The van der Waals surface area contributed by atoms with Gasteiger partial charge in [0.2, 0.25) is 11.7 Å². The molecule has 4 rings (SSSR count). The smallest absolute Gasteiger partial charge is 0.297 e. The van der Waals surface area contributed by atoms with Crippen molar-refractivity contribution in [3.8, 4) is 5.75 Å². The van der Waals surface area contributed by atoms with E-state index in [1.165, 1.54) is 22.8 Å². The van der Waals surface area contributed by atoms with Gasteiger partial charge in [0.1, 0.15) is 12.4 Å². The molecule has 0 atom stereocenters. The zero-order valence-corrected chi connectivity index (χ0v) is 17.4. The maximum Gasteiger partial charge on any atom is 0.297 e. The molecule has 0 saturated carbocycles. The van der Waals surface area contributed by atoms with Crippen LogP contribution < -0.4 is 15.8 Å². The predicted octanol–water partition coefficient (Wildman–Crippen LogP) is 1.93. The number of nitrogens with zero attached hydrogens (tertiary/aromatic N) is 3. The standard InChI is InChI=1S/C22H23FN4O5/c1-13-20-25-18(19(29)22(31)27(20)9-10-32-13)21(30)24-12-14-6-7-15(23)11-16(14)26-8-4-2-3-5-17(26)28/h6-7,11,29H,1-5,8-10,12H2,(H,24,30). The van der Waals surface area contributed by atoms with E-state index in [2.05, 4.69) is 16.9 Å². The molecule has 2 amide bonds. The Balaban J connectivity index is 1.60. The molecule has 3 heterocycles. The van der Waals surface area contributed by atoms with E-state index < -0.39 is 28.7 Å². The Labute approximate surface area is 183 Å². The highest BCUT2D eigenvalue weighted by atomic mass is 19.1. The average molecular weight is 442 g/mol. The Morgan fingerprint density at radius 3 is 2.88 bits per heavy atom. The van der Waals surface area contributed by atoms with Crippen LogP contribution in [0.15, 0.2) is 29.6 Å². The summed E-state index contributed by atoms with van der Waals surface area (Å²) in [5.41, 5.74) is -0.303. The van der Waals surface area contributed by atoms with Gasteiger partial charge in [-0.05, 0) is 30.5 Å². The second-order valence-electron chi connectivity index (χ2n) is 7.67. The van der Waals surface area contributed by atoms with Crippen molar-refractivity contribution in [3.05, 3.63) is 58.0 Å². The lowest BCUT2D eigenvalue weighted by atomic mass is 10.1. The van der Waals surface area contributed by atoms with Crippen LogP contribution in [0, 0.1) is 5.82 Å². The topological polar surface area (TPSA) is 114 Å². The van der Waals surface area contributed by atoms with Crippen molar-refractivity contribution in [3.63, 3.8) is 0 Å². The first-order valence-electron chi connectivity index (χ1n) is 10.4. The van der Waals surface area contributed by atoms with Gasteiger partial charge in [-0.1, -0.05) is 19.1 Å². The number of hydrogen-bond acceptors (Lipinski definition) is 6. The number of ether oxygens (including phenoxy) is 1. The Morgan fingerprint density at radius 1 is 1.25 bits per heavy atom. The molecule has 2 aliphatic heterocycles. The fourth-order valence-electron chi connectivity index (χ4n) is 3.88. The molecule has 0 unspecified atom stereocenters. The van der Waals surface area contributed by atoms with Crippen LogP contribution in [-0.4, -0.2) is 39.6 Å². The lowest BCUT2D eigenvalue weighted by Gasteiger charge is -2.24. The summed E-state index contributed by atoms with van der Waals surface area (Å²) in [6.45, 7) is 4.47. The normalized spacial score (nSPS) is 16.2. The van der Waals surface area contributed by atoms with Gasteiger partial charge in [-0.3, -0.25) is 19.0 Å². The second kappa shape index (κ2) is 8.81. The van der Waals surface area contributed by atoms with Crippen molar-refractivity contribution < 1.29 is 23.8 Å². The fraction of sp³-hybridized carbons (Fsp3) is 0.364. The van der Waals surface area contributed by atoms with E-state index in [9.17, 15) is 23.9 Å². The number of carbonyl (C=O) groups is 2. The third kappa shape index (κ3) is 4.08. The molecule has 1 aromatic heterocycles. The predicted molar refractivity (Wildman–Crippen MR) is 114 cm³/mol. The molecule has 2 N–H and O–H groups in total. The van der Waals surface area contributed by atoms with Gasteiger partial charge >= 0.3 is 0 Å². The quantitative estimate of drug-likeness (QED) is 0.748. The molecular formula is C22H23FN4O5. The molecule has 32 heavy (non-hydrogen) atoms. The lowest BCUT2D eigenvalue weighted by molar-refractivity contribution is -0.118. The van der Waals surface area contributed by atoms with Crippen molar-refractivity contribution in [2.75, 3.05) is 18.1 Å². The van der Waals surface area contributed by atoms with Crippen LogP contribution in [0.1, 0.15) is 47.6 Å². The molecule has 168 valence electrons. The van der Waals surface area contributed by atoms with Crippen LogP contribution in [0.4, 0.5) is 10.1 Å². The summed E-state index contributed by atoms with van der Waals surface area (Å²) in [5, 5.41) is 12.8. The number of fused-ring (bicyclic) bond motifs is 1. The average Bonchev–Trinajstić information content (AvgIpc) is 2.99. The molecule has 1 aromatic carbocycles. The maximum atomic E-state index is 14.0. The largest absolute Gasteiger partial charge is 0.501 e. The van der Waals surface area contributed by atoms with Crippen molar-refractivity contribution >= 4 is 23.3 Å². The van der Waals surface area contributed by atoms with Crippen molar-refractivity contribution in [1.82, 2.24) is 14.9 Å². The Morgan fingerprint density at radius 2 is 2.06 bits per heavy atom. The Hall–Kier alpha value is -3.69. The maximum absolute atomic E-state index is 14.0. The van der Waals surface area contributed by atoms with Crippen LogP contribution in [-0.2, 0) is 22.6 Å². The Bertz CT molecular complexity index is 1160. The zero-order chi connectivity index (χ0) is 22.8. The molecule has 1 saturated heterocycles. The van der Waals surface area contributed by atoms with Crippen LogP contribution in [0.2, 0.25) is 0 Å². The fourth-order valence-corrected chi connectivity index (χ4v) is 3.88. The van der Waals surface area contributed by atoms with E-state index in [4.69, 9.17) is 4.74 Å². The first kappa shape index (κ1) is 21.5. The molecular weight excluding hydrogens is 419 g/mol.